The highest BCUT2D eigenvalue weighted by Gasteiger charge is 2.19. The lowest BCUT2D eigenvalue weighted by atomic mass is 10.2. The standard InChI is InChI=1S/C30H42O3/c1-3-5-6-7-8-9-10-11-12-13-14-15-16-17-18-19-20-24-27-32-29(4-2)30(31)33-28-25-22-21-23-26-28/h5-6,8-9,11-12,14-15,17-18,21-23,25-26,29H,3-4,7,10,13,16,19-20,24,27H2,1-2H3/b6-5-,9-8-,12-11-,15-14-,18-17-. The van der Waals surface area contributed by atoms with Crippen LogP contribution in [0.2, 0.25) is 0 Å². The van der Waals surface area contributed by atoms with Gasteiger partial charge in [0.1, 0.15) is 5.75 Å². The van der Waals surface area contributed by atoms with E-state index < -0.39 is 6.10 Å². The van der Waals surface area contributed by atoms with Crippen LogP contribution in [0.25, 0.3) is 0 Å². The minimum atomic E-state index is -0.501. The third kappa shape index (κ3) is 16.6. The summed E-state index contributed by atoms with van der Waals surface area (Å²) in [6, 6.07) is 9.13. The van der Waals surface area contributed by atoms with Gasteiger partial charge in [-0.15, -0.1) is 0 Å². The number of ether oxygens (including phenoxy) is 2. The van der Waals surface area contributed by atoms with Gasteiger partial charge in [0.15, 0.2) is 6.10 Å². The van der Waals surface area contributed by atoms with Gasteiger partial charge < -0.3 is 9.47 Å². The maximum atomic E-state index is 12.2. The van der Waals surface area contributed by atoms with Crippen molar-refractivity contribution < 1.29 is 14.3 Å². The Balaban J connectivity index is 2.02. The minimum absolute atomic E-state index is 0.318. The van der Waals surface area contributed by atoms with Crippen LogP contribution in [-0.2, 0) is 9.53 Å². The molecule has 0 aliphatic carbocycles. The number of unbranched alkanes of at least 4 members (excludes halogenated alkanes) is 2. The lowest BCUT2D eigenvalue weighted by molar-refractivity contribution is -0.147. The van der Waals surface area contributed by atoms with Gasteiger partial charge in [-0.3, -0.25) is 0 Å². The number of benzene rings is 1. The second-order valence-electron chi connectivity index (χ2n) is 7.71. The Morgan fingerprint density at radius 3 is 1.85 bits per heavy atom. The van der Waals surface area contributed by atoms with Crippen molar-refractivity contribution in [2.24, 2.45) is 0 Å². The fourth-order valence-corrected chi connectivity index (χ4v) is 2.98. The normalized spacial score (nSPS) is 13.3. The van der Waals surface area contributed by atoms with Gasteiger partial charge in [0.2, 0.25) is 0 Å². The molecular weight excluding hydrogens is 408 g/mol. The van der Waals surface area contributed by atoms with E-state index in [4.69, 9.17) is 9.47 Å². The van der Waals surface area contributed by atoms with Gasteiger partial charge in [-0.1, -0.05) is 92.8 Å². The van der Waals surface area contributed by atoms with Crippen LogP contribution >= 0.6 is 0 Å². The van der Waals surface area contributed by atoms with E-state index in [-0.39, 0.29) is 5.97 Å². The topological polar surface area (TPSA) is 35.5 Å². The number of hydrogen-bond donors (Lipinski definition) is 0. The zero-order valence-electron chi connectivity index (χ0n) is 20.5. The average Bonchev–Trinajstić information content (AvgIpc) is 2.83. The van der Waals surface area contributed by atoms with E-state index in [9.17, 15) is 4.79 Å². The third-order valence-corrected chi connectivity index (χ3v) is 4.84. The second-order valence-corrected chi connectivity index (χ2v) is 7.71. The summed E-state index contributed by atoms with van der Waals surface area (Å²) in [6.45, 7) is 4.67. The van der Waals surface area contributed by atoms with Gasteiger partial charge in [0.05, 0.1) is 0 Å². The average molecular weight is 451 g/mol. The van der Waals surface area contributed by atoms with Crippen molar-refractivity contribution in [2.45, 2.75) is 77.7 Å². The van der Waals surface area contributed by atoms with Crippen molar-refractivity contribution in [2.75, 3.05) is 6.61 Å². The van der Waals surface area contributed by atoms with E-state index in [1.54, 1.807) is 12.1 Å². The van der Waals surface area contributed by atoms with Crippen LogP contribution in [0.4, 0.5) is 0 Å². The molecule has 0 saturated heterocycles. The predicted molar refractivity (Wildman–Crippen MR) is 140 cm³/mol. The van der Waals surface area contributed by atoms with Crippen LogP contribution in [0.5, 0.6) is 5.75 Å². The largest absolute Gasteiger partial charge is 0.425 e. The molecule has 0 heterocycles. The molecule has 0 saturated carbocycles. The molecule has 0 spiro atoms. The molecule has 0 bridgehead atoms. The van der Waals surface area contributed by atoms with Crippen LogP contribution in [0, 0.1) is 0 Å². The number of para-hydroxylation sites is 1. The second kappa shape index (κ2) is 21.2. The van der Waals surface area contributed by atoms with Crippen LogP contribution in [0.3, 0.4) is 0 Å². The Labute approximate surface area is 201 Å². The molecule has 0 aliphatic heterocycles. The van der Waals surface area contributed by atoms with Gasteiger partial charge in [0.25, 0.3) is 0 Å². The zero-order valence-corrected chi connectivity index (χ0v) is 20.5. The molecule has 1 rings (SSSR count). The Hall–Kier alpha value is -2.65. The van der Waals surface area contributed by atoms with Crippen molar-refractivity contribution in [1.82, 2.24) is 0 Å². The van der Waals surface area contributed by atoms with Gasteiger partial charge in [-0.2, -0.15) is 0 Å². The van der Waals surface area contributed by atoms with Gasteiger partial charge in [-0.05, 0) is 69.9 Å². The summed E-state index contributed by atoms with van der Waals surface area (Å²) < 4.78 is 11.1. The van der Waals surface area contributed by atoms with Crippen molar-refractivity contribution in [3.8, 4) is 5.75 Å². The van der Waals surface area contributed by atoms with E-state index in [0.717, 1.165) is 51.4 Å². The van der Waals surface area contributed by atoms with E-state index in [0.29, 0.717) is 18.8 Å². The number of hydrogen-bond acceptors (Lipinski definition) is 3. The number of carbonyl (C=O) groups is 1. The molecule has 0 N–H and O–H groups in total. The van der Waals surface area contributed by atoms with Crippen LogP contribution in [0.15, 0.2) is 91.1 Å². The molecule has 180 valence electrons. The van der Waals surface area contributed by atoms with Crippen molar-refractivity contribution in [3.05, 3.63) is 91.1 Å². The van der Waals surface area contributed by atoms with E-state index >= 15 is 0 Å². The molecule has 0 radical (unpaired) electrons. The van der Waals surface area contributed by atoms with E-state index in [1.807, 2.05) is 25.1 Å². The summed E-state index contributed by atoms with van der Waals surface area (Å²) in [5.74, 6) is 0.240. The minimum Gasteiger partial charge on any atom is -0.425 e. The fourth-order valence-electron chi connectivity index (χ4n) is 2.98. The van der Waals surface area contributed by atoms with Crippen LogP contribution in [0.1, 0.15) is 71.6 Å². The quantitative estimate of drug-likeness (QED) is 0.0976. The maximum absolute atomic E-state index is 12.2. The monoisotopic (exact) mass is 450 g/mol. The van der Waals surface area contributed by atoms with E-state index in [1.165, 1.54) is 0 Å². The van der Waals surface area contributed by atoms with Crippen molar-refractivity contribution in [3.63, 3.8) is 0 Å². The van der Waals surface area contributed by atoms with Gasteiger partial charge in [0, 0.05) is 6.61 Å². The molecule has 33 heavy (non-hydrogen) atoms. The molecule has 3 heteroatoms. The van der Waals surface area contributed by atoms with Crippen molar-refractivity contribution in [1.29, 1.82) is 0 Å². The summed E-state index contributed by atoms with van der Waals surface area (Å²) in [4.78, 5) is 12.2. The number of carbonyl (C=O) groups excluding carboxylic acids is 1. The summed E-state index contributed by atoms with van der Waals surface area (Å²) in [5.41, 5.74) is 0. The Morgan fingerprint density at radius 2 is 1.30 bits per heavy atom. The lowest BCUT2D eigenvalue weighted by Crippen LogP contribution is -2.28. The van der Waals surface area contributed by atoms with Crippen LogP contribution in [-0.4, -0.2) is 18.7 Å². The Bertz CT molecular complexity index is 741. The molecule has 0 aliphatic rings. The van der Waals surface area contributed by atoms with Gasteiger partial charge in [-0.25, -0.2) is 4.79 Å². The number of rotatable bonds is 18. The molecule has 3 nitrogen and oxygen atoms in total. The first-order chi connectivity index (χ1) is 16.3. The number of esters is 1. The molecule has 1 aromatic rings. The van der Waals surface area contributed by atoms with Crippen molar-refractivity contribution >= 4 is 5.97 Å². The predicted octanol–water partition coefficient (Wildman–Crippen LogP) is 8.31. The smallest absolute Gasteiger partial charge is 0.340 e. The molecule has 1 unspecified atom stereocenters. The first-order valence-corrected chi connectivity index (χ1v) is 12.4. The summed E-state index contributed by atoms with van der Waals surface area (Å²) in [7, 11) is 0. The highest BCUT2D eigenvalue weighted by Crippen LogP contribution is 2.12. The SMILES string of the molecule is CC/C=C\C/C=C\C/C=C\C/C=C\C/C=C\CCCCOC(CC)C(=O)Oc1ccccc1. The van der Waals surface area contributed by atoms with E-state index in [2.05, 4.69) is 67.7 Å². The highest BCUT2D eigenvalue weighted by molar-refractivity contribution is 5.77. The summed E-state index contributed by atoms with van der Waals surface area (Å²) in [6.07, 6.45) is 30.3. The molecule has 0 amide bonds. The molecule has 0 fully saturated rings. The fraction of sp³-hybridized carbons (Fsp3) is 0.433. The maximum Gasteiger partial charge on any atom is 0.340 e. The lowest BCUT2D eigenvalue weighted by Gasteiger charge is -2.14. The highest BCUT2D eigenvalue weighted by atomic mass is 16.6. The molecule has 0 aromatic heterocycles. The summed E-state index contributed by atoms with van der Waals surface area (Å²) in [5, 5.41) is 0. The summed E-state index contributed by atoms with van der Waals surface area (Å²) >= 11 is 0. The zero-order chi connectivity index (χ0) is 23.8. The first kappa shape index (κ1) is 28.4. The first-order valence-electron chi connectivity index (χ1n) is 12.4. The molecular formula is C30H42O3. The Kier molecular flexibility index (Phi) is 18.2. The third-order valence-electron chi connectivity index (χ3n) is 4.84. The van der Waals surface area contributed by atoms with Gasteiger partial charge >= 0.3 is 5.97 Å². The van der Waals surface area contributed by atoms with Crippen LogP contribution < -0.4 is 4.74 Å². The molecule has 1 atom stereocenters. The molecule has 1 aromatic carbocycles. The Morgan fingerprint density at radius 1 is 0.758 bits per heavy atom. The number of allylic oxidation sites excluding steroid dienone is 10.